The van der Waals surface area contributed by atoms with E-state index in [1.165, 1.54) is 22.2 Å². The van der Waals surface area contributed by atoms with Gasteiger partial charge in [-0.15, -0.1) is 10.2 Å². The summed E-state index contributed by atoms with van der Waals surface area (Å²) in [6.45, 7) is 2.45. The van der Waals surface area contributed by atoms with E-state index in [0.29, 0.717) is 28.8 Å². The van der Waals surface area contributed by atoms with Gasteiger partial charge in [-0.3, -0.25) is 14.5 Å². The number of amides is 2. The van der Waals surface area contributed by atoms with Gasteiger partial charge in [-0.25, -0.2) is 0 Å². The van der Waals surface area contributed by atoms with E-state index in [1.54, 1.807) is 24.3 Å². The van der Waals surface area contributed by atoms with Crippen molar-refractivity contribution in [3.05, 3.63) is 65.2 Å². The highest BCUT2D eigenvalue weighted by Crippen LogP contribution is 2.25. The molecule has 4 rings (SSSR count). The first-order chi connectivity index (χ1) is 13.6. The summed E-state index contributed by atoms with van der Waals surface area (Å²) in [7, 11) is 0. The van der Waals surface area contributed by atoms with Crippen LogP contribution in [-0.2, 0) is 0 Å². The number of carbonyl (C=O) groups excluding carboxylic acids is 2. The molecule has 2 amide bonds. The van der Waals surface area contributed by atoms with E-state index in [9.17, 15) is 9.59 Å². The van der Waals surface area contributed by atoms with E-state index in [0.717, 1.165) is 24.2 Å². The molecule has 0 N–H and O–H groups in total. The predicted molar refractivity (Wildman–Crippen MR) is 106 cm³/mol. The van der Waals surface area contributed by atoms with Crippen LogP contribution in [0.1, 0.15) is 39.1 Å². The lowest BCUT2D eigenvalue weighted by molar-refractivity contribution is 0.0652. The third kappa shape index (κ3) is 3.71. The fourth-order valence-electron chi connectivity index (χ4n) is 3.05. The van der Waals surface area contributed by atoms with Gasteiger partial charge in [0.2, 0.25) is 5.89 Å². The lowest BCUT2D eigenvalue weighted by Crippen LogP contribution is -2.30. The molecule has 142 valence electrons. The van der Waals surface area contributed by atoms with Crippen LogP contribution in [0.15, 0.2) is 58.2 Å². The number of unbranched alkanes of at least 4 members (excludes halogenated alkanes) is 1. The van der Waals surface area contributed by atoms with Crippen LogP contribution in [0, 0.1) is 6.92 Å². The summed E-state index contributed by atoms with van der Waals surface area (Å²) >= 11 is 1.48. The number of aromatic nitrogens is 2. The number of nitrogens with zero attached hydrogens (tertiary/aromatic N) is 3. The normalized spacial score (nSPS) is 13.2. The molecule has 0 saturated carbocycles. The van der Waals surface area contributed by atoms with E-state index < -0.39 is 0 Å². The van der Waals surface area contributed by atoms with E-state index in [-0.39, 0.29) is 11.8 Å². The summed E-state index contributed by atoms with van der Waals surface area (Å²) in [5.74, 6) is 0.882. The SMILES string of the molecule is Cc1ccc(-c2nnc(SCCCCN3C(=O)c4ccccc4C3=O)o2)cc1. The highest BCUT2D eigenvalue weighted by atomic mass is 32.2. The quantitative estimate of drug-likeness (QED) is 0.340. The molecule has 0 atom stereocenters. The maximum Gasteiger partial charge on any atom is 0.276 e. The Labute approximate surface area is 167 Å². The summed E-state index contributed by atoms with van der Waals surface area (Å²) in [5.41, 5.74) is 3.07. The lowest BCUT2D eigenvalue weighted by atomic mass is 10.1. The van der Waals surface area contributed by atoms with Crippen molar-refractivity contribution < 1.29 is 14.0 Å². The molecule has 28 heavy (non-hydrogen) atoms. The topological polar surface area (TPSA) is 76.3 Å². The van der Waals surface area contributed by atoms with E-state index >= 15 is 0 Å². The van der Waals surface area contributed by atoms with Gasteiger partial charge in [0.25, 0.3) is 17.0 Å². The van der Waals surface area contributed by atoms with Gasteiger partial charge in [-0.2, -0.15) is 0 Å². The van der Waals surface area contributed by atoms with Crippen molar-refractivity contribution in [1.82, 2.24) is 15.1 Å². The first-order valence-corrected chi connectivity index (χ1v) is 10.1. The summed E-state index contributed by atoms with van der Waals surface area (Å²) in [6, 6.07) is 14.9. The first-order valence-electron chi connectivity index (χ1n) is 9.12. The van der Waals surface area contributed by atoms with Crippen molar-refractivity contribution in [2.24, 2.45) is 0 Å². The van der Waals surface area contributed by atoms with Crippen LogP contribution in [0.2, 0.25) is 0 Å². The monoisotopic (exact) mass is 393 g/mol. The van der Waals surface area contributed by atoms with Crippen LogP contribution in [-0.4, -0.2) is 39.2 Å². The summed E-state index contributed by atoms with van der Waals surface area (Å²) < 4.78 is 5.69. The minimum Gasteiger partial charge on any atom is -0.411 e. The highest BCUT2D eigenvalue weighted by molar-refractivity contribution is 7.99. The Morgan fingerprint density at radius 1 is 0.929 bits per heavy atom. The molecular formula is C21H19N3O3S. The summed E-state index contributed by atoms with van der Waals surface area (Å²) in [5, 5.41) is 8.68. The second kappa shape index (κ2) is 7.98. The maximum atomic E-state index is 12.3. The molecule has 1 aliphatic rings. The molecule has 3 aromatic rings. The van der Waals surface area contributed by atoms with Crippen LogP contribution < -0.4 is 0 Å². The van der Waals surface area contributed by atoms with Crippen molar-refractivity contribution in [3.63, 3.8) is 0 Å². The zero-order valence-corrected chi connectivity index (χ0v) is 16.2. The van der Waals surface area contributed by atoms with Crippen molar-refractivity contribution in [2.45, 2.75) is 25.0 Å². The molecule has 7 heteroatoms. The zero-order chi connectivity index (χ0) is 19.5. The predicted octanol–water partition coefficient (Wildman–Crippen LogP) is 4.21. The number of benzene rings is 2. The first kappa shape index (κ1) is 18.4. The van der Waals surface area contributed by atoms with Gasteiger partial charge in [-0.05, 0) is 44.0 Å². The molecule has 1 aliphatic heterocycles. The zero-order valence-electron chi connectivity index (χ0n) is 15.4. The van der Waals surface area contributed by atoms with E-state index in [4.69, 9.17) is 4.42 Å². The Morgan fingerprint density at radius 3 is 2.29 bits per heavy atom. The number of rotatable bonds is 7. The average molecular weight is 393 g/mol. The Balaban J connectivity index is 1.24. The van der Waals surface area contributed by atoms with Gasteiger partial charge in [-0.1, -0.05) is 41.6 Å². The number of thioether (sulfide) groups is 1. The lowest BCUT2D eigenvalue weighted by Gasteiger charge is -2.13. The number of imide groups is 1. The van der Waals surface area contributed by atoms with Gasteiger partial charge < -0.3 is 4.42 Å². The fraction of sp³-hybridized carbons (Fsp3) is 0.238. The fourth-order valence-corrected chi connectivity index (χ4v) is 3.81. The van der Waals surface area contributed by atoms with Gasteiger partial charge in [0, 0.05) is 17.9 Å². The molecule has 2 heterocycles. The molecule has 0 spiro atoms. The van der Waals surface area contributed by atoms with Gasteiger partial charge >= 0.3 is 0 Å². The third-order valence-electron chi connectivity index (χ3n) is 4.58. The van der Waals surface area contributed by atoms with E-state index in [2.05, 4.69) is 10.2 Å². The van der Waals surface area contributed by atoms with Crippen molar-refractivity contribution in [1.29, 1.82) is 0 Å². The van der Waals surface area contributed by atoms with E-state index in [1.807, 2.05) is 31.2 Å². The number of fused-ring (bicyclic) bond motifs is 1. The van der Waals surface area contributed by atoms with Crippen LogP contribution >= 0.6 is 11.8 Å². The summed E-state index contributed by atoms with van der Waals surface area (Å²) in [6.07, 6.45) is 1.57. The van der Waals surface area contributed by atoms with Crippen LogP contribution in [0.5, 0.6) is 0 Å². The van der Waals surface area contributed by atoms with Crippen molar-refractivity contribution >= 4 is 23.6 Å². The minimum absolute atomic E-state index is 0.201. The minimum atomic E-state index is -0.201. The standard InChI is InChI=1S/C21H19N3O3S/c1-14-8-10-15(11-9-14)18-22-23-21(27-18)28-13-5-4-12-24-19(25)16-6-2-3-7-17(16)20(24)26/h2-3,6-11H,4-5,12-13H2,1H3. The number of aryl methyl sites for hydroxylation is 1. The Bertz CT molecular complexity index is 979. The van der Waals surface area contributed by atoms with Crippen LogP contribution in [0.25, 0.3) is 11.5 Å². The Hall–Kier alpha value is -2.93. The number of carbonyl (C=O) groups is 2. The Morgan fingerprint density at radius 2 is 1.61 bits per heavy atom. The molecule has 0 saturated heterocycles. The highest BCUT2D eigenvalue weighted by Gasteiger charge is 2.34. The second-order valence-corrected chi connectivity index (χ2v) is 7.65. The Kier molecular flexibility index (Phi) is 5.25. The van der Waals surface area contributed by atoms with Crippen LogP contribution in [0.4, 0.5) is 0 Å². The van der Waals surface area contributed by atoms with Gasteiger partial charge in [0.05, 0.1) is 11.1 Å². The van der Waals surface area contributed by atoms with Crippen LogP contribution in [0.3, 0.4) is 0 Å². The average Bonchev–Trinajstić information content (AvgIpc) is 3.27. The van der Waals surface area contributed by atoms with Crippen molar-refractivity contribution in [2.75, 3.05) is 12.3 Å². The van der Waals surface area contributed by atoms with Crippen molar-refractivity contribution in [3.8, 4) is 11.5 Å². The second-order valence-electron chi connectivity index (χ2n) is 6.60. The molecular weight excluding hydrogens is 374 g/mol. The molecule has 0 fully saturated rings. The van der Waals surface area contributed by atoms with Gasteiger partial charge in [0.1, 0.15) is 0 Å². The molecule has 2 aromatic carbocycles. The summed E-state index contributed by atoms with van der Waals surface area (Å²) in [4.78, 5) is 26.0. The molecule has 6 nitrogen and oxygen atoms in total. The number of hydrogen-bond donors (Lipinski definition) is 0. The third-order valence-corrected chi connectivity index (χ3v) is 5.49. The smallest absolute Gasteiger partial charge is 0.276 e. The maximum absolute atomic E-state index is 12.3. The molecule has 0 radical (unpaired) electrons. The molecule has 0 bridgehead atoms. The molecule has 0 aliphatic carbocycles. The largest absolute Gasteiger partial charge is 0.411 e. The molecule has 1 aromatic heterocycles. The molecule has 0 unspecified atom stereocenters. The van der Waals surface area contributed by atoms with Gasteiger partial charge in [0.15, 0.2) is 0 Å². The number of hydrogen-bond acceptors (Lipinski definition) is 6.